The number of carbonyl (C=O) groups excluding carboxylic acids is 1. The number of pyridine rings is 1. The van der Waals surface area contributed by atoms with Crippen molar-refractivity contribution >= 4 is 17.7 Å². The normalized spacial score (nSPS) is 11.1. The molecule has 0 atom stereocenters. The number of alkyl halides is 3. The number of hydrogen-bond acceptors (Lipinski definition) is 4. The van der Waals surface area contributed by atoms with Crippen molar-refractivity contribution in [1.29, 1.82) is 0 Å². The summed E-state index contributed by atoms with van der Waals surface area (Å²) in [6.07, 6.45) is -3.15. The predicted octanol–water partition coefficient (Wildman–Crippen LogP) is 3.39. The second-order valence-electron chi connectivity index (χ2n) is 4.39. The van der Waals surface area contributed by atoms with Crippen molar-refractivity contribution in [3.8, 4) is 5.75 Å². The van der Waals surface area contributed by atoms with E-state index in [1.165, 1.54) is 30.0 Å². The Bertz CT molecular complexity index is 651. The maximum absolute atomic E-state index is 12.3. The van der Waals surface area contributed by atoms with Crippen LogP contribution in [-0.4, -0.2) is 23.0 Å². The molecular weight excluding hydrogens is 329 g/mol. The maximum atomic E-state index is 12.3. The molecule has 23 heavy (non-hydrogen) atoms. The largest absolute Gasteiger partial charge is 0.573 e. The number of amides is 1. The van der Waals surface area contributed by atoms with Crippen molar-refractivity contribution in [2.45, 2.75) is 17.9 Å². The lowest BCUT2D eigenvalue weighted by atomic mass is 10.2. The summed E-state index contributed by atoms with van der Waals surface area (Å²) >= 11 is 1.24. The van der Waals surface area contributed by atoms with Crippen molar-refractivity contribution in [2.75, 3.05) is 5.75 Å². The van der Waals surface area contributed by atoms with Crippen LogP contribution in [0.1, 0.15) is 5.56 Å². The van der Waals surface area contributed by atoms with Gasteiger partial charge >= 0.3 is 6.36 Å². The van der Waals surface area contributed by atoms with E-state index in [0.717, 1.165) is 0 Å². The van der Waals surface area contributed by atoms with E-state index in [2.05, 4.69) is 15.0 Å². The number of carbonyl (C=O) groups is 1. The van der Waals surface area contributed by atoms with E-state index in [0.29, 0.717) is 5.03 Å². The van der Waals surface area contributed by atoms with Crippen LogP contribution >= 0.6 is 11.8 Å². The van der Waals surface area contributed by atoms with Crippen LogP contribution in [0.15, 0.2) is 53.7 Å². The van der Waals surface area contributed by atoms with Gasteiger partial charge in [0.1, 0.15) is 5.75 Å². The average molecular weight is 342 g/mol. The standard InChI is InChI=1S/C15H13F3N2O2S/c16-15(17,18)22-12-6-2-1-5-11(12)9-20-13(21)10-23-14-7-3-4-8-19-14/h1-8H,9-10H2,(H,20,21). The third-order valence-corrected chi connectivity index (χ3v) is 3.61. The molecule has 1 aromatic heterocycles. The van der Waals surface area contributed by atoms with Crippen molar-refractivity contribution in [2.24, 2.45) is 0 Å². The molecule has 0 spiro atoms. The van der Waals surface area contributed by atoms with Crippen LogP contribution < -0.4 is 10.1 Å². The molecule has 0 aliphatic heterocycles. The van der Waals surface area contributed by atoms with Crippen LogP contribution in [-0.2, 0) is 11.3 Å². The zero-order valence-corrected chi connectivity index (χ0v) is 12.7. The van der Waals surface area contributed by atoms with Gasteiger partial charge in [0.2, 0.25) is 5.91 Å². The van der Waals surface area contributed by atoms with Gasteiger partial charge in [0.05, 0.1) is 10.8 Å². The Hall–Kier alpha value is -2.22. The minimum Gasteiger partial charge on any atom is -0.405 e. The van der Waals surface area contributed by atoms with Gasteiger partial charge < -0.3 is 10.1 Å². The Morgan fingerprint density at radius 2 is 1.91 bits per heavy atom. The minimum atomic E-state index is -4.77. The first kappa shape index (κ1) is 17.1. The Morgan fingerprint density at radius 1 is 1.17 bits per heavy atom. The van der Waals surface area contributed by atoms with Gasteiger partial charge in [-0.2, -0.15) is 0 Å². The molecular formula is C15H13F3N2O2S. The number of ether oxygens (including phenoxy) is 1. The molecule has 1 N–H and O–H groups in total. The summed E-state index contributed by atoms with van der Waals surface area (Å²) in [5.74, 6) is -0.501. The molecule has 0 radical (unpaired) electrons. The lowest BCUT2D eigenvalue weighted by molar-refractivity contribution is -0.274. The number of hydrogen-bond donors (Lipinski definition) is 1. The number of nitrogens with zero attached hydrogens (tertiary/aromatic N) is 1. The van der Waals surface area contributed by atoms with Crippen LogP contribution in [0.4, 0.5) is 13.2 Å². The fourth-order valence-corrected chi connectivity index (χ4v) is 2.38. The van der Waals surface area contributed by atoms with E-state index < -0.39 is 6.36 Å². The third kappa shape index (κ3) is 6.19. The second kappa shape index (κ2) is 7.87. The van der Waals surface area contributed by atoms with E-state index in [1.54, 1.807) is 30.5 Å². The molecule has 8 heteroatoms. The average Bonchev–Trinajstić information content (AvgIpc) is 2.51. The number of rotatable bonds is 6. The Morgan fingerprint density at radius 3 is 2.61 bits per heavy atom. The zero-order chi connectivity index (χ0) is 16.7. The molecule has 0 aliphatic carbocycles. The summed E-state index contributed by atoms with van der Waals surface area (Å²) in [7, 11) is 0. The SMILES string of the molecule is O=C(CSc1ccccn1)NCc1ccccc1OC(F)(F)F. The quantitative estimate of drug-likeness (QED) is 0.818. The molecule has 1 amide bonds. The fourth-order valence-electron chi connectivity index (χ4n) is 1.69. The van der Waals surface area contributed by atoms with Crippen LogP contribution in [0.2, 0.25) is 0 Å². The number of para-hydroxylation sites is 1. The predicted molar refractivity (Wildman–Crippen MR) is 79.9 cm³/mol. The minimum absolute atomic E-state index is 0.0478. The number of thioether (sulfide) groups is 1. The second-order valence-corrected chi connectivity index (χ2v) is 5.38. The Labute approximate surface area is 135 Å². The first-order valence-electron chi connectivity index (χ1n) is 6.58. The lowest BCUT2D eigenvalue weighted by Gasteiger charge is -2.13. The number of benzene rings is 1. The highest BCUT2D eigenvalue weighted by Crippen LogP contribution is 2.26. The highest BCUT2D eigenvalue weighted by molar-refractivity contribution is 7.99. The van der Waals surface area contributed by atoms with Crippen molar-refractivity contribution in [1.82, 2.24) is 10.3 Å². The van der Waals surface area contributed by atoms with Crippen LogP contribution in [0.3, 0.4) is 0 Å². The smallest absolute Gasteiger partial charge is 0.405 e. The van der Waals surface area contributed by atoms with Crippen LogP contribution in [0, 0.1) is 0 Å². The molecule has 4 nitrogen and oxygen atoms in total. The topological polar surface area (TPSA) is 51.2 Å². The molecule has 122 valence electrons. The molecule has 2 aromatic rings. The van der Waals surface area contributed by atoms with Gasteiger partial charge in [0.25, 0.3) is 0 Å². The van der Waals surface area contributed by atoms with Gasteiger partial charge in [0.15, 0.2) is 0 Å². The molecule has 2 rings (SSSR count). The summed E-state index contributed by atoms with van der Waals surface area (Å²) < 4.78 is 40.9. The van der Waals surface area contributed by atoms with E-state index in [9.17, 15) is 18.0 Å². The van der Waals surface area contributed by atoms with Crippen LogP contribution in [0.5, 0.6) is 5.75 Å². The summed E-state index contributed by atoms with van der Waals surface area (Å²) in [6.45, 7) is -0.0478. The summed E-state index contributed by atoms with van der Waals surface area (Å²) in [6, 6.07) is 11.0. The molecule has 1 aromatic carbocycles. The molecule has 0 saturated heterocycles. The van der Waals surface area contributed by atoms with Crippen molar-refractivity contribution in [3.63, 3.8) is 0 Å². The highest BCUT2D eigenvalue weighted by atomic mass is 32.2. The van der Waals surface area contributed by atoms with Gasteiger partial charge in [-0.05, 0) is 18.2 Å². The number of nitrogens with one attached hydrogen (secondary N) is 1. The highest BCUT2D eigenvalue weighted by Gasteiger charge is 2.31. The zero-order valence-electron chi connectivity index (χ0n) is 11.8. The first-order chi connectivity index (χ1) is 10.9. The van der Waals surface area contributed by atoms with Gasteiger partial charge in [-0.25, -0.2) is 4.98 Å². The van der Waals surface area contributed by atoms with E-state index in [-0.39, 0.29) is 29.5 Å². The van der Waals surface area contributed by atoms with Crippen molar-refractivity contribution in [3.05, 3.63) is 54.2 Å². The summed E-state index contributed by atoms with van der Waals surface area (Å²) in [4.78, 5) is 15.8. The van der Waals surface area contributed by atoms with Gasteiger partial charge in [-0.3, -0.25) is 4.79 Å². The number of aromatic nitrogens is 1. The van der Waals surface area contributed by atoms with E-state index in [1.807, 2.05) is 0 Å². The van der Waals surface area contributed by atoms with E-state index in [4.69, 9.17) is 0 Å². The van der Waals surface area contributed by atoms with Crippen molar-refractivity contribution < 1.29 is 22.7 Å². The van der Waals surface area contributed by atoms with Gasteiger partial charge in [-0.1, -0.05) is 36.0 Å². The number of halogens is 3. The monoisotopic (exact) mass is 342 g/mol. The Balaban J connectivity index is 1.87. The Kier molecular flexibility index (Phi) is 5.86. The summed E-state index contributed by atoms with van der Waals surface area (Å²) in [5.41, 5.74) is 0.251. The third-order valence-electron chi connectivity index (χ3n) is 2.66. The molecule has 0 fully saturated rings. The van der Waals surface area contributed by atoms with Gasteiger partial charge in [-0.15, -0.1) is 13.2 Å². The molecule has 1 heterocycles. The fraction of sp³-hybridized carbons (Fsp3) is 0.200. The maximum Gasteiger partial charge on any atom is 0.573 e. The van der Waals surface area contributed by atoms with Gasteiger partial charge in [0, 0.05) is 18.3 Å². The molecule has 0 bridgehead atoms. The summed E-state index contributed by atoms with van der Waals surface area (Å²) in [5, 5.41) is 3.26. The van der Waals surface area contributed by atoms with Crippen LogP contribution in [0.25, 0.3) is 0 Å². The molecule has 0 aliphatic rings. The molecule has 0 saturated carbocycles. The first-order valence-corrected chi connectivity index (χ1v) is 7.57. The van der Waals surface area contributed by atoms with E-state index >= 15 is 0 Å². The lowest BCUT2D eigenvalue weighted by Crippen LogP contribution is -2.25. The molecule has 0 unspecified atom stereocenters.